The average molecular weight is 379 g/mol. The van der Waals surface area contributed by atoms with Gasteiger partial charge in [0.1, 0.15) is 5.75 Å². The van der Waals surface area contributed by atoms with Crippen molar-refractivity contribution < 1.29 is 17.9 Å². The lowest BCUT2D eigenvalue weighted by Gasteiger charge is -2.10. The number of sulfonamides is 1. The Morgan fingerprint density at radius 1 is 1.38 bits per heavy atom. The van der Waals surface area contributed by atoms with E-state index in [1.54, 1.807) is 6.07 Å². The number of ether oxygens (including phenoxy) is 1. The summed E-state index contributed by atoms with van der Waals surface area (Å²) in [4.78, 5) is 11.6. The van der Waals surface area contributed by atoms with Crippen LogP contribution in [0, 0.1) is 0 Å². The summed E-state index contributed by atoms with van der Waals surface area (Å²) in [5.41, 5.74) is 0. The quantitative estimate of drug-likeness (QED) is 0.755. The van der Waals surface area contributed by atoms with Crippen molar-refractivity contribution in [1.29, 1.82) is 0 Å². The van der Waals surface area contributed by atoms with Crippen LogP contribution in [0.3, 0.4) is 0 Å². The van der Waals surface area contributed by atoms with Crippen molar-refractivity contribution in [2.75, 3.05) is 13.7 Å². The standard InChI is InChI=1S/C13H19BrN2O4S/c1-9(2)16-13(17)6-7-15-21(18,19)10-4-5-12(20-3)11(14)8-10/h4-5,8-9,15H,6-7H2,1-3H3,(H,16,17). The molecule has 2 N–H and O–H groups in total. The first-order valence-electron chi connectivity index (χ1n) is 6.39. The zero-order chi connectivity index (χ0) is 16.0. The number of methoxy groups -OCH3 is 1. The summed E-state index contributed by atoms with van der Waals surface area (Å²) in [5.74, 6) is 0.355. The van der Waals surface area contributed by atoms with Crippen LogP contribution in [0.2, 0.25) is 0 Å². The molecule has 0 atom stereocenters. The van der Waals surface area contributed by atoms with E-state index in [-0.39, 0.29) is 29.8 Å². The average Bonchev–Trinajstić information content (AvgIpc) is 2.37. The fourth-order valence-electron chi connectivity index (χ4n) is 1.59. The number of nitrogens with one attached hydrogen (secondary N) is 2. The number of carbonyl (C=O) groups is 1. The highest BCUT2D eigenvalue weighted by Gasteiger charge is 2.16. The van der Waals surface area contributed by atoms with Crippen molar-refractivity contribution in [2.24, 2.45) is 0 Å². The van der Waals surface area contributed by atoms with Gasteiger partial charge in [-0.05, 0) is 48.0 Å². The molecule has 0 spiro atoms. The highest BCUT2D eigenvalue weighted by Crippen LogP contribution is 2.27. The minimum Gasteiger partial charge on any atom is -0.496 e. The van der Waals surface area contributed by atoms with E-state index in [1.807, 2.05) is 13.8 Å². The van der Waals surface area contributed by atoms with Gasteiger partial charge in [0.15, 0.2) is 0 Å². The van der Waals surface area contributed by atoms with Gasteiger partial charge >= 0.3 is 0 Å². The third kappa shape index (κ3) is 5.64. The Hall–Kier alpha value is -1.12. The maximum absolute atomic E-state index is 12.1. The summed E-state index contributed by atoms with van der Waals surface area (Å²) in [5, 5.41) is 2.70. The van der Waals surface area contributed by atoms with E-state index in [0.29, 0.717) is 10.2 Å². The molecule has 0 aliphatic heterocycles. The normalized spacial score (nSPS) is 11.5. The van der Waals surface area contributed by atoms with Crippen molar-refractivity contribution in [2.45, 2.75) is 31.2 Å². The van der Waals surface area contributed by atoms with E-state index in [2.05, 4.69) is 26.0 Å². The molecule has 0 saturated carbocycles. The van der Waals surface area contributed by atoms with Gasteiger partial charge in [0, 0.05) is 19.0 Å². The van der Waals surface area contributed by atoms with E-state index >= 15 is 0 Å². The summed E-state index contributed by atoms with van der Waals surface area (Å²) in [6.45, 7) is 3.73. The fraction of sp³-hybridized carbons (Fsp3) is 0.462. The molecule has 0 fully saturated rings. The molecular formula is C13H19BrN2O4S. The van der Waals surface area contributed by atoms with Gasteiger partial charge in [0.05, 0.1) is 16.5 Å². The Bertz CT molecular complexity index is 602. The van der Waals surface area contributed by atoms with Crippen LogP contribution in [0.1, 0.15) is 20.3 Å². The highest BCUT2D eigenvalue weighted by atomic mass is 79.9. The minimum absolute atomic E-state index is 0.0339. The molecule has 0 radical (unpaired) electrons. The molecule has 1 aromatic rings. The Labute approximate surface area is 133 Å². The minimum atomic E-state index is -3.65. The van der Waals surface area contributed by atoms with E-state index in [9.17, 15) is 13.2 Å². The fourth-order valence-corrected chi connectivity index (χ4v) is 3.34. The van der Waals surface area contributed by atoms with Crippen LogP contribution in [0.25, 0.3) is 0 Å². The van der Waals surface area contributed by atoms with Gasteiger partial charge in [0.2, 0.25) is 15.9 Å². The van der Waals surface area contributed by atoms with Crippen LogP contribution in [0.15, 0.2) is 27.6 Å². The first kappa shape index (κ1) is 17.9. The lowest BCUT2D eigenvalue weighted by atomic mass is 10.3. The molecule has 21 heavy (non-hydrogen) atoms. The topological polar surface area (TPSA) is 84.5 Å². The van der Waals surface area contributed by atoms with Crippen LogP contribution in [-0.4, -0.2) is 34.0 Å². The van der Waals surface area contributed by atoms with E-state index in [0.717, 1.165) is 0 Å². The molecule has 0 bridgehead atoms. The Morgan fingerprint density at radius 2 is 2.05 bits per heavy atom. The second-order valence-corrected chi connectivity index (χ2v) is 7.29. The molecule has 0 aliphatic carbocycles. The van der Waals surface area contributed by atoms with Gasteiger partial charge in [0.25, 0.3) is 0 Å². The van der Waals surface area contributed by atoms with Crippen molar-refractivity contribution >= 4 is 31.9 Å². The van der Waals surface area contributed by atoms with Gasteiger partial charge in [-0.25, -0.2) is 13.1 Å². The van der Waals surface area contributed by atoms with Crippen molar-refractivity contribution in [3.63, 3.8) is 0 Å². The summed E-state index contributed by atoms with van der Waals surface area (Å²) in [6.07, 6.45) is 0.0920. The lowest BCUT2D eigenvalue weighted by Crippen LogP contribution is -2.34. The predicted molar refractivity (Wildman–Crippen MR) is 83.8 cm³/mol. The zero-order valence-electron chi connectivity index (χ0n) is 12.1. The Morgan fingerprint density at radius 3 is 2.57 bits per heavy atom. The summed E-state index contributed by atoms with van der Waals surface area (Å²) < 4.78 is 32.2. The molecule has 0 aromatic heterocycles. The highest BCUT2D eigenvalue weighted by molar-refractivity contribution is 9.10. The van der Waals surface area contributed by atoms with Crippen molar-refractivity contribution in [3.05, 3.63) is 22.7 Å². The molecule has 1 aromatic carbocycles. The maximum Gasteiger partial charge on any atom is 0.240 e. The summed E-state index contributed by atoms with van der Waals surface area (Å²) >= 11 is 3.24. The zero-order valence-corrected chi connectivity index (χ0v) is 14.5. The molecule has 1 rings (SSSR count). The number of hydrogen-bond donors (Lipinski definition) is 2. The molecule has 0 unspecified atom stereocenters. The Balaban J connectivity index is 2.66. The maximum atomic E-state index is 12.1. The van der Waals surface area contributed by atoms with Crippen molar-refractivity contribution in [1.82, 2.24) is 10.0 Å². The predicted octanol–water partition coefficient (Wildman–Crippen LogP) is 1.65. The van der Waals surface area contributed by atoms with Gasteiger partial charge < -0.3 is 10.1 Å². The van der Waals surface area contributed by atoms with E-state index in [1.165, 1.54) is 19.2 Å². The number of hydrogen-bond acceptors (Lipinski definition) is 4. The molecule has 0 saturated heterocycles. The van der Waals surface area contributed by atoms with Crippen LogP contribution in [0.5, 0.6) is 5.75 Å². The number of amides is 1. The van der Waals surface area contributed by atoms with Crippen LogP contribution in [-0.2, 0) is 14.8 Å². The van der Waals surface area contributed by atoms with Crippen LogP contribution < -0.4 is 14.8 Å². The molecule has 0 heterocycles. The molecule has 118 valence electrons. The molecular weight excluding hydrogens is 360 g/mol. The molecule has 0 aliphatic rings. The number of halogens is 1. The third-order valence-corrected chi connectivity index (χ3v) is 4.61. The van der Waals surface area contributed by atoms with E-state index in [4.69, 9.17) is 4.74 Å². The molecule has 1 amide bonds. The number of carbonyl (C=O) groups excluding carboxylic acids is 1. The first-order valence-corrected chi connectivity index (χ1v) is 8.66. The second kappa shape index (κ2) is 7.77. The smallest absolute Gasteiger partial charge is 0.240 e. The van der Waals surface area contributed by atoms with Gasteiger partial charge in [-0.2, -0.15) is 0 Å². The second-order valence-electron chi connectivity index (χ2n) is 4.67. The van der Waals surface area contributed by atoms with Gasteiger partial charge in [-0.3, -0.25) is 4.79 Å². The monoisotopic (exact) mass is 378 g/mol. The SMILES string of the molecule is COc1ccc(S(=O)(=O)NCCC(=O)NC(C)C)cc1Br. The van der Waals surface area contributed by atoms with Crippen LogP contribution >= 0.6 is 15.9 Å². The van der Waals surface area contributed by atoms with Crippen molar-refractivity contribution in [3.8, 4) is 5.75 Å². The lowest BCUT2D eigenvalue weighted by molar-refractivity contribution is -0.121. The van der Waals surface area contributed by atoms with Crippen LogP contribution in [0.4, 0.5) is 0 Å². The van der Waals surface area contributed by atoms with E-state index < -0.39 is 10.0 Å². The Kier molecular flexibility index (Phi) is 6.63. The molecule has 6 nitrogen and oxygen atoms in total. The largest absolute Gasteiger partial charge is 0.496 e. The summed E-state index contributed by atoms with van der Waals surface area (Å²) in [6, 6.07) is 4.49. The number of rotatable bonds is 7. The molecule has 8 heteroatoms. The summed E-state index contributed by atoms with van der Waals surface area (Å²) in [7, 11) is -2.15. The van der Waals surface area contributed by atoms with Gasteiger partial charge in [-0.1, -0.05) is 0 Å². The third-order valence-electron chi connectivity index (χ3n) is 2.53. The number of benzene rings is 1. The van der Waals surface area contributed by atoms with Gasteiger partial charge in [-0.15, -0.1) is 0 Å². The first-order chi connectivity index (χ1) is 9.76.